The molecule has 302 valence electrons. The molecule has 13 rings (SSSR count). The predicted octanol–water partition coefficient (Wildman–Crippen LogP) is 13.7. The fourth-order valence-corrected chi connectivity index (χ4v) is 10.3. The summed E-state index contributed by atoms with van der Waals surface area (Å²) in [6.45, 7) is 1.60. The van der Waals surface area contributed by atoms with Crippen molar-refractivity contribution >= 4 is 65.7 Å². The van der Waals surface area contributed by atoms with Crippen LogP contribution in [0.1, 0.15) is 22.3 Å². The molecule has 0 spiro atoms. The highest BCUT2D eigenvalue weighted by Gasteiger charge is 2.28. The van der Waals surface area contributed by atoms with Crippen LogP contribution in [0.2, 0.25) is 0 Å². The third-order valence-electron chi connectivity index (χ3n) is 13.5. The van der Waals surface area contributed by atoms with Crippen LogP contribution in [0, 0.1) is 0 Å². The van der Waals surface area contributed by atoms with Gasteiger partial charge in [0, 0.05) is 12.4 Å². The lowest BCUT2D eigenvalue weighted by molar-refractivity contribution is 0.395. The van der Waals surface area contributed by atoms with Gasteiger partial charge in [0.25, 0.3) is 0 Å². The Morgan fingerprint density at radius 3 is 1.08 bits per heavy atom. The van der Waals surface area contributed by atoms with Gasteiger partial charge in [-0.2, -0.15) is 0 Å². The van der Waals surface area contributed by atoms with Gasteiger partial charge in [0.2, 0.25) is 0 Å². The zero-order chi connectivity index (χ0) is 42.1. The summed E-state index contributed by atoms with van der Waals surface area (Å²) in [5.41, 5.74) is 14.5. The number of benzene rings is 9. The van der Waals surface area contributed by atoms with E-state index >= 15 is 0 Å². The van der Waals surface area contributed by atoms with Crippen LogP contribution in [-0.4, -0.2) is 46.6 Å². The van der Waals surface area contributed by atoms with Crippen LogP contribution in [0.5, 0.6) is 0 Å². The molecule has 0 bridgehead atoms. The van der Waals surface area contributed by atoms with Gasteiger partial charge in [-0.05, 0) is 147 Å². The fraction of sp³-hybridized carbons (Fsp3) is 0.0667. The number of fused-ring (bicyclic) bond motifs is 6. The molecule has 0 aromatic heterocycles. The van der Waals surface area contributed by atoms with Crippen LogP contribution in [0.15, 0.2) is 229 Å². The molecule has 0 radical (unpaired) electrons. The Morgan fingerprint density at radius 2 is 0.688 bits per heavy atom. The van der Waals surface area contributed by atoms with Crippen LogP contribution in [0.4, 0.5) is 0 Å². The average molecular weight is 819 g/mol. The van der Waals surface area contributed by atoms with Crippen LogP contribution < -0.4 is 0 Å². The van der Waals surface area contributed by atoms with Crippen LogP contribution in [0.25, 0.3) is 76.5 Å². The number of allylic oxidation sites excluding steroid dienone is 4. The molecule has 0 fully saturated rings. The molecule has 4 heterocycles. The highest BCUT2D eigenvalue weighted by atomic mass is 15.3. The van der Waals surface area contributed by atoms with E-state index in [1.54, 1.807) is 0 Å². The highest BCUT2D eigenvalue weighted by Crippen LogP contribution is 2.45. The molecule has 0 saturated heterocycles. The van der Waals surface area contributed by atoms with Crippen molar-refractivity contribution in [2.24, 2.45) is 9.98 Å². The van der Waals surface area contributed by atoms with E-state index in [0.29, 0.717) is 0 Å². The first-order chi connectivity index (χ1) is 31.7. The monoisotopic (exact) mass is 818 g/mol. The first-order valence-corrected chi connectivity index (χ1v) is 22.3. The molecule has 9 aromatic rings. The third kappa shape index (κ3) is 6.21. The maximum Gasteiger partial charge on any atom is 0.141 e. The second-order valence-corrected chi connectivity index (χ2v) is 17.3. The molecule has 4 nitrogen and oxygen atoms in total. The van der Waals surface area contributed by atoms with Crippen molar-refractivity contribution < 1.29 is 0 Å². The molecular weight excluding hydrogens is 777 g/mol. The van der Waals surface area contributed by atoms with E-state index in [1.807, 2.05) is 0 Å². The second kappa shape index (κ2) is 14.8. The number of hydrogen-bond donors (Lipinski definition) is 0. The maximum absolute atomic E-state index is 5.19. The fourth-order valence-electron chi connectivity index (χ4n) is 10.3. The Labute approximate surface area is 372 Å². The van der Waals surface area contributed by atoms with Gasteiger partial charge in [-0.15, -0.1) is 0 Å². The minimum Gasteiger partial charge on any atom is -0.347 e. The zero-order valence-corrected chi connectivity index (χ0v) is 35.1. The van der Waals surface area contributed by atoms with E-state index in [4.69, 9.17) is 9.98 Å². The van der Waals surface area contributed by atoms with E-state index in [0.717, 1.165) is 24.5 Å². The summed E-state index contributed by atoms with van der Waals surface area (Å²) in [5, 5.41) is 9.90. The normalized spacial score (nSPS) is 17.8. The number of nitrogens with zero attached hydrogens (tertiary/aromatic N) is 4. The quantitative estimate of drug-likeness (QED) is 0.157. The van der Waals surface area contributed by atoms with Crippen molar-refractivity contribution in [2.75, 3.05) is 13.1 Å². The number of hydrogen-bond acceptors (Lipinski definition) is 4. The van der Waals surface area contributed by atoms with Crippen LogP contribution in [-0.2, 0) is 0 Å². The average Bonchev–Trinajstić information content (AvgIpc) is 4.00. The maximum atomic E-state index is 5.19. The van der Waals surface area contributed by atoms with Crippen molar-refractivity contribution in [2.45, 2.75) is 12.3 Å². The van der Waals surface area contributed by atoms with Gasteiger partial charge in [0.15, 0.2) is 0 Å². The number of aliphatic imine (C=N–C) groups is 2. The third-order valence-corrected chi connectivity index (χ3v) is 13.5. The zero-order valence-electron chi connectivity index (χ0n) is 35.1. The molecule has 0 aliphatic carbocycles. The lowest BCUT2D eigenvalue weighted by Gasteiger charge is -2.23. The van der Waals surface area contributed by atoms with Gasteiger partial charge >= 0.3 is 0 Å². The minimum atomic E-state index is 0.0198. The SMILES string of the molecule is C1=CN2CC(c3ccc4cc(-c5c6ccccc6c(-c6ccc7cc(C8=NC9C=C(c%10ccccc%10)C=CN9C8)ccc7c6)c6ccccc56)ccc4c3)=NC2C=C1c1ccccc1. The van der Waals surface area contributed by atoms with E-state index in [-0.39, 0.29) is 12.3 Å². The molecule has 2 atom stereocenters. The molecular formula is C60H42N4. The molecule has 64 heavy (non-hydrogen) atoms. The van der Waals surface area contributed by atoms with Crippen LogP contribution in [0.3, 0.4) is 0 Å². The van der Waals surface area contributed by atoms with E-state index in [1.165, 1.54) is 98.7 Å². The molecule has 0 saturated carbocycles. The molecule has 9 aromatic carbocycles. The lowest BCUT2D eigenvalue weighted by atomic mass is 9.85. The van der Waals surface area contributed by atoms with Gasteiger partial charge in [-0.3, -0.25) is 9.98 Å². The smallest absolute Gasteiger partial charge is 0.141 e. The van der Waals surface area contributed by atoms with Crippen LogP contribution >= 0.6 is 0 Å². The Morgan fingerprint density at radius 1 is 0.344 bits per heavy atom. The summed E-state index contributed by atoms with van der Waals surface area (Å²) < 4.78 is 0. The Kier molecular flexibility index (Phi) is 8.45. The van der Waals surface area contributed by atoms with Crippen molar-refractivity contribution in [1.29, 1.82) is 0 Å². The summed E-state index contributed by atoms with van der Waals surface area (Å²) in [4.78, 5) is 15.0. The van der Waals surface area contributed by atoms with E-state index in [2.05, 4.69) is 228 Å². The second-order valence-electron chi connectivity index (χ2n) is 17.3. The summed E-state index contributed by atoms with van der Waals surface area (Å²) >= 11 is 0. The molecule has 4 aliphatic rings. The predicted molar refractivity (Wildman–Crippen MR) is 269 cm³/mol. The van der Waals surface area contributed by atoms with Crippen molar-refractivity contribution in [1.82, 2.24) is 9.80 Å². The Balaban J connectivity index is 0.831. The Hall–Kier alpha value is -8.08. The molecule has 4 aliphatic heterocycles. The molecule has 2 unspecified atom stereocenters. The summed E-state index contributed by atoms with van der Waals surface area (Å²) in [6, 6.07) is 66.6. The topological polar surface area (TPSA) is 31.2 Å². The first-order valence-electron chi connectivity index (χ1n) is 22.3. The van der Waals surface area contributed by atoms with Crippen molar-refractivity contribution in [3.63, 3.8) is 0 Å². The Bertz CT molecular complexity index is 3280. The van der Waals surface area contributed by atoms with Gasteiger partial charge in [-0.1, -0.05) is 158 Å². The van der Waals surface area contributed by atoms with E-state index < -0.39 is 0 Å². The first kappa shape index (κ1) is 36.6. The molecule has 4 heteroatoms. The standard InChI is InChI=1S/C60H42N4/c1-3-11-39(12-4-1)45-27-29-63-37-55(61-57(63)35-45)47-23-19-43-33-49(25-21-41(43)31-47)59-51-15-7-9-17-53(51)60(54-18-10-8-16-52(54)59)50-26-22-42-32-48(24-20-44(42)34-50)56-38-64-30-28-46(36-58(64)62-56)40-13-5-2-6-14-40/h1-36,57-58H,37-38H2. The van der Waals surface area contributed by atoms with Gasteiger partial charge in [-0.25, -0.2) is 0 Å². The van der Waals surface area contributed by atoms with Gasteiger partial charge < -0.3 is 9.80 Å². The lowest BCUT2D eigenvalue weighted by Crippen LogP contribution is -2.26. The molecule has 0 N–H and O–H groups in total. The van der Waals surface area contributed by atoms with Gasteiger partial charge in [0.1, 0.15) is 12.3 Å². The van der Waals surface area contributed by atoms with E-state index in [9.17, 15) is 0 Å². The minimum absolute atomic E-state index is 0.0198. The number of rotatable bonds is 6. The summed E-state index contributed by atoms with van der Waals surface area (Å²) in [5.74, 6) is 0. The summed E-state index contributed by atoms with van der Waals surface area (Å²) in [6.07, 6.45) is 13.4. The van der Waals surface area contributed by atoms with Crippen molar-refractivity contribution in [3.8, 4) is 22.3 Å². The highest BCUT2D eigenvalue weighted by molar-refractivity contribution is 6.22. The largest absolute Gasteiger partial charge is 0.347 e. The van der Waals surface area contributed by atoms with Gasteiger partial charge in [0.05, 0.1) is 24.5 Å². The summed E-state index contributed by atoms with van der Waals surface area (Å²) in [7, 11) is 0. The van der Waals surface area contributed by atoms with Crippen molar-refractivity contribution in [3.05, 3.63) is 241 Å². The molecule has 0 amide bonds.